The summed E-state index contributed by atoms with van der Waals surface area (Å²) >= 11 is 0. The van der Waals surface area contributed by atoms with E-state index in [1.54, 1.807) is 0 Å². The molecule has 1 aromatic heterocycles. The topological polar surface area (TPSA) is 8.17 Å². The Labute approximate surface area is 115 Å². The molecule has 2 heteroatoms. The first kappa shape index (κ1) is 12.5. The first-order chi connectivity index (χ1) is 9.29. The van der Waals surface area contributed by atoms with Crippen molar-refractivity contribution in [1.82, 2.24) is 9.47 Å². The predicted octanol–water partition coefficient (Wildman–Crippen LogP) is 3.68. The summed E-state index contributed by atoms with van der Waals surface area (Å²) in [5, 5.41) is 1.38. The van der Waals surface area contributed by atoms with Gasteiger partial charge in [-0.2, -0.15) is 0 Å². The summed E-state index contributed by atoms with van der Waals surface area (Å²) in [6, 6.07) is 8.89. The Balaban J connectivity index is 1.98. The number of benzene rings is 1. The summed E-state index contributed by atoms with van der Waals surface area (Å²) in [7, 11) is 2.12. The van der Waals surface area contributed by atoms with Crippen LogP contribution >= 0.6 is 0 Å². The largest absolute Gasteiger partial charge is 0.351 e. The van der Waals surface area contributed by atoms with Gasteiger partial charge < -0.3 is 4.57 Å². The number of aromatic nitrogens is 1. The molecule has 0 spiro atoms. The lowest BCUT2D eigenvalue weighted by molar-refractivity contribution is 0.305. The van der Waals surface area contributed by atoms with Gasteiger partial charge in [-0.25, -0.2) is 0 Å². The van der Waals surface area contributed by atoms with Gasteiger partial charge in [-0.15, -0.1) is 0 Å². The standard InChI is InChI=1S/C17H22N2/c1-3-10-19-11-5-6-14(13-19)15-7-4-8-17-16(15)9-12-18(17)2/h4,6-9,12H,3,5,10-11,13H2,1-2H3. The van der Waals surface area contributed by atoms with Crippen LogP contribution in [0, 0.1) is 0 Å². The molecule has 19 heavy (non-hydrogen) atoms. The number of hydrogen-bond donors (Lipinski definition) is 0. The van der Waals surface area contributed by atoms with E-state index in [0.717, 1.165) is 6.54 Å². The van der Waals surface area contributed by atoms with E-state index in [9.17, 15) is 0 Å². The van der Waals surface area contributed by atoms with E-state index in [1.165, 1.54) is 48.0 Å². The van der Waals surface area contributed by atoms with E-state index in [0.29, 0.717) is 0 Å². The van der Waals surface area contributed by atoms with Crippen molar-refractivity contribution >= 4 is 16.5 Å². The highest BCUT2D eigenvalue weighted by atomic mass is 15.1. The highest BCUT2D eigenvalue weighted by molar-refractivity contribution is 5.93. The second-order valence-electron chi connectivity index (χ2n) is 5.46. The smallest absolute Gasteiger partial charge is 0.0483 e. The lowest BCUT2D eigenvalue weighted by Gasteiger charge is -2.27. The highest BCUT2D eigenvalue weighted by Crippen LogP contribution is 2.28. The number of aryl methyl sites for hydroxylation is 1. The molecule has 2 heterocycles. The van der Waals surface area contributed by atoms with E-state index >= 15 is 0 Å². The number of nitrogens with zero attached hydrogens (tertiary/aromatic N) is 2. The second-order valence-corrected chi connectivity index (χ2v) is 5.46. The van der Waals surface area contributed by atoms with Crippen LogP contribution in [0.25, 0.3) is 16.5 Å². The minimum atomic E-state index is 1.10. The van der Waals surface area contributed by atoms with Gasteiger partial charge in [0.25, 0.3) is 0 Å². The molecule has 0 fully saturated rings. The van der Waals surface area contributed by atoms with E-state index in [2.05, 4.69) is 60.0 Å². The maximum absolute atomic E-state index is 2.57. The van der Waals surface area contributed by atoms with E-state index in [-0.39, 0.29) is 0 Å². The Morgan fingerprint density at radius 1 is 1.21 bits per heavy atom. The Morgan fingerprint density at radius 3 is 2.95 bits per heavy atom. The lowest BCUT2D eigenvalue weighted by Crippen LogP contribution is -2.30. The van der Waals surface area contributed by atoms with Crippen LogP contribution in [0.2, 0.25) is 0 Å². The van der Waals surface area contributed by atoms with Crippen molar-refractivity contribution in [3.8, 4) is 0 Å². The molecular weight excluding hydrogens is 232 g/mol. The molecule has 2 nitrogen and oxygen atoms in total. The van der Waals surface area contributed by atoms with E-state index in [4.69, 9.17) is 0 Å². The van der Waals surface area contributed by atoms with Crippen LogP contribution in [0.4, 0.5) is 0 Å². The third-order valence-electron chi connectivity index (χ3n) is 4.04. The molecule has 3 rings (SSSR count). The molecular formula is C17H22N2. The van der Waals surface area contributed by atoms with Crippen molar-refractivity contribution in [2.24, 2.45) is 7.05 Å². The quantitative estimate of drug-likeness (QED) is 0.811. The Morgan fingerprint density at radius 2 is 2.11 bits per heavy atom. The molecule has 2 aromatic rings. The zero-order chi connectivity index (χ0) is 13.2. The van der Waals surface area contributed by atoms with Crippen LogP contribution in [0.5, 0.6) is 0 Å². The second kappa shape index (κ2) is 5.22. The molecule has 0 amide bonds. The molecule has 0 atom stereocenters. The molecule has 0 radical (unpaired) electrons. The van der Waals surface area contributed by atoms with Crippen molar-refractivity contribution < 1.29 is 0 Å². The van der Waals surface area contributed by atoms with Crippen molar-refractivity contribution in [2.75, 3.05) is 19.6 Å². The lowest BCUT2D eigenvalue weighted by atomic mass is 9.98. The first-order valence-corrected chi connectivity index (χ1v) is 7.25. The van der Waals surface area contributed by atoms with Crippen LogP contribution in [0.3, 0.4) is 0 Å². The van der Waals surface area contributed by atoms with Gasteiger partial charge in [0.05, 0.1) is 0 Å². The molecule has 0 N–H and O–H groups in total. The zero-order valence-electron chi connectivity index (χ0n) is 11.9. The fourth-order valence-corrected chi connectivity index (χ4v) is 3.09. The summed E-state index contributed by atoms with van der Waals surface area (Å²) in [6.07, 6.45) is 7.00. The average Bonchev–Trinajstić information content (AvgIpc) is 2.81. The van der Waals surface area contributed by atoms with Gasteiger partial charge in [0.15, 0.2) is 0 Å². The third kappa shape index (κ3) is 2.33. The Kier molecular flexibility index (Phi) is 3.43. The fourth-order valence-electron chi connectivity index (χ4n) is 3.09. The van der Waals surface area contributed by atoms with Crippen LogP contribution in [-0.2, 0) is 7.05 Å². The summed E-state index contributed by atoms with van der Waals surface area (Å²) in [6.45, 7) is 5.78. The normalized spacial score (nSPS) is 16.8. The number of fused-ring (bicyclic) bond motifs is 1. The Bertz CT molecular complexity index is 607. The highest BCUT2D eigenvalue weighted by Gasteiger charge is 2.15. The van der Waals surface area contributed by atoms with Crippen LogP contribution in [0.15, 0.2) is 36.5 Å². The molecule has 100 valence electrons. The van der Waals surface area contributed by atoms with Crippen LogP contribution < -0.4 is 0 Å². The van der Waals surface area contributed by atoms with Gasteiger partial charge >= 0.3 is 0 Å². The number of rotatable bonds is 3. The molecule has 0 aliphatic carbocycles. The molecule has 0 saturated carbocycles. The van der Waals surface area contributed by atoms with Gasteiger partial charge in [-0.1, -0.05) is 25.1 Å². The first-order valence-electron chi connectivity index (χ1n) is 7.25. The summed E-state index contributed by atoms with van der Waals surface area (Å²) in [4.78, 5) is 2.57. The fraction of sp³-hybridized carbons (Fsp3) is 0.412. The van der Waals surface area contributed by atoms with Gasteiger partial charge in [0.1, 0.15) is 0 Å². The summed E-state index contributed by atoms with van der Waals surface area (Å²) in [5.41, 5.74) is 4.24. The van der Waals surface area contributed by atoms with Gasteiger partial charge in [0, 0.05) is 37.2 Å². The molecule has 0 saturated heterocycles. The third-order valence-corrected chi connectivity index (χ3v) is 4.04. The SMILES string of the molecule is CCCN1CCC=C(c2cccc3c2ccn3C)C1. The number of hydrogen-bond acceptors (Lipinski definition) is 1. The molecule has 1 aromatic carbocycles. The molecule has 0 unspecified atom stereocenters. The monoisotopic (exact) mass is 254 g/mol. The maximum Gasteiger partial charge on any atom is 0.0483 e. The van der Waals surface area contributed by atoms with Crippen molar-refractivity contribution in [2.45, 2.75) is 19.8 Å². The molecule has 1 aliphatic heterocycles. The van der Waals surface area contributed by atoms with E-state index in [1.807, 2.05) is 0 Å². The summed E-state index contributed by atoms with van der Waals surface area (Å²) < 4.78 is 2.20. The minimum Gasteiger partial charge on any atom is -0.351 e. The Hall–Kier alpha value is -1.54. The minimum absolute atomic E-state index is 1.10. The van der Waals surface area contributed by atoms with Crippen LogP contribution in [0.1, 0.15) is 25.3 Å². The predicted molar refractivity (Wildman–Crippen MR) is 82.2 cm³/mol. The van der Waals surface area contributed by atoms with Crippen molar-refractivity contribution in [1.29, 1.82) is 0 Å². The van der Waals surface area contributed by atoms with Crippen LogP contribution in [-0.4, -0.2) is 29.1 Å². The van der Waals surface area contributed by atoms with E-state index < -0.39 is 0 Å². The van der Waals surface area contributed by atoms with Gasteiger partial charge in [-0.3, -0.25) is 4.90 Å². The summed E-state index contributed by atoms with van der Waals surface area (Å²) in [5.74, 6) is 0. The van der Waals surface area contributed by atoms with Gasteiger partial charge in [-0.05, 0) is 42.7 Å². The maximum atomic E-state index is 2.57. The van der Waals surface area contributed by atoms with Gasteiger partial charge in [0.2, 0.25) is 0 Å². The average molecular weight is 254 g/mol. The van der Waals surface area contributed by atoms with Crippen molar-refractivity contribution in [3.05, 3.63) is 42.1 Å². The molecule has 0 bridgehead atoms. The zero-order valence-corrected chi connectivity index (χ0v) is 11.9. The molecule has 1 aliphatic rings. The van der Waals surface area contributed by atoms with Crippen molar-refractivity contribution in [3.63, 3.8) is 0 Å².